The van der Waals surface area contributed by atoms with Crippen LogP contribution in [0.2, 0.25) is 0 Å². The van der Waals surface area contributed by atoms with Gasteiger partial charge < -0.3 is 10.6 Å². The van der Waals surface area contributed by atoms with E-state index in [1.54, 1.807) is 11.9 Å². The van der Waals surface area contributed by atoms with E-state index in [9.17, 15) is 4.79 Å². The minimum absolute atomic E-state index is 0.00162. The van der Waals surface area contributed by atoms with Gasteiger partial charge >= 0.3 is 0 Å². The van der Waals surface area contributed by atoms with E-state index < -0.39 is 0 Å². The van der Waals surface area contributed by atoms with Gasteiger partial charge in [-0.1, -0.05) is 34.1 Å². The summed E-state index contributed by atoms with van der Waals surface area (Å²) in [5, 5.41) is 0. The minimum atomic E-state index is -0.00162. The molecule has 2 rings (SSSR count). The Morgan fingerprint density at radius 2 is 1.95 bits per heavy atom. The smallest absolute Gasteiger partial charge is 0.254 e. The molecule has 0 spiro atoms. The van der Waals surface area contributed by atoms with Crippen LogP contribution in [0.15, 0.2) is 46.9 Å². The van der Waals surface area contributed by atoms with Crippen molar-refractivity contribution in [2.45, 2.75) is 13.5 Å². The van der Waals surface area contributed by atoms with Crippen LogP contribution in [0.1, 0.15) is 21.5 Å². The second kappa shape index (κ2) is 6.09. The van der Waals surface area contributed by atoms with Crippen molar-refractivity contribution in [2.75, 3.05) is 12.8 Å². The summed E-state index contributed by atoms with van der Waals surface area (Å²) in [6.45, 7) is 2.43. The van der Waals surface area contributed by atoms with E-state index in [-0.39, 0.29) is 5.91 Å². The zero-order valence-electron chi connectivity index (χ0n) is 11.6. The molecule has 2 aromatic rings. The van der Waals surface area contributed by atoms with Gasteiger partial charge in [0.25, 0.3) is 5.91 Å². The number of anilines is 1. The number of hydrogen-bond donors (Lipinski definition) is 1. The van der Waals surface area contributed by atoms with Crippen LogP contribution < -0.4 is 5.73 Å². The van der Waals surface area contributed by atoms with Gasteiger partial charge in [0.1, 0.15) is 0 Å². The molecule has 0 heterocycles. The van der Waals surface area contributed by atoms with Gasteiger partial charge in [-0.15, -0.1) is 0 Å². The lowest BCUT2D eigenvalue weighted by molar-refractivity contribution is 0.0784. The van der Waals surface area contributed by atoms with Crippen LogP contribution in [-0.2, 0) is 6.54 Å². The van der Waals surface area contributed by atoms with Gasteiger partial charge in [-0.05, 0) is 42.3 Å². The summed E-state index contributed by atoms with van der Waals surface area (Å²) in [6.07, 6.45) is 0. The third-order valence-corrected chi connectivity index (χ3v) is 3.72. The molecule has 0 atom stereocenters. The molecular weight excluding hydrogens is 316 g/mol. The van der Waals surface area contributed by atoms with Crippen molar-refractivity contribution in [3.63, 3.8) is 0 Å². The van der Waals surface area contributed by atoms with Gasteiger partial charge in [0.2, 0.25) is 0 Å². The summed E-state index contributed by atoms with van der Waals surface area (Å²) in [7, 11) is 1.79. The van der Waals surface area contributed by atoms with Crippen LogP contribution in [0.5, 0.6) is 0 Å². The van der Waals surface area contributed by atoms with Gasteiger partial charge in [0.05, 0.1) is 0 Å². The Balaban J connectivity index is 2.19. The topological polar surface area (TPSA) is 46.3 Å². The van der Waals surface area contributed by atoms with Crippen LogP contribution in [-0.4, -0.2) is 17.9 Å². The van der Waals surface area contributed by atoms with Gasteiger partial charge in [-0.25, -0.2) is 0 Å². The largest absolute Gasteiger partial charge is 0.398 e. The maximum absolute atomic E-state index is 12.5. The molecule has 0 saturated carbocycles. The van der Waals surface area contributed by atoms with Gasteiger partial charge in [-0.3, -0.25) is 4.79 Å². The standard InChI is InChI=1S/C16H17BrN2O/c1-11-9-13(17)7-8-14(11)16(20)19(2)10-12-5-3-4-6-15(12)18/h3-9H,10,18H2,1-2H3. The zero-order valence-corrected chi connectivity index (χ0v) is 13.1. The number of aryl methyl sites for hydroxylation is 1. The fourth-order valence-electron chi connectivity index (χ4n) is 2.08. The van der Waals surface area contributed by atoms with E-state index in [0.717, 1.165) is 15.6 Å². The monoisotopic (exact) mass is 332 g/mol. The molecule has 0 aliphatic heterocycles. The summed E-state index contributed by atoms with van der Waals surface area (Å²) in [4.78, 5) is 14.1. The van der Waals surface area contributed by atoms with E-state index in [2.05, 4.69) is 15.9 Å². The highest BCUT2D eigenvalue weighted by Crippen LogP contribution is 2.19. The molecule has 104 valence electrons. The summed E-state index contributed by atoms with van der Waals surface area (Å²) in [5.74, 6) is -0.00162. The van der Waals surface area contributed by atoms with E-state index >= 15 is 0 Å². The number of carbonyl (C=O) groups is 1. The second-order valence-corrected chi connectivity index (χ2v) is 5.73. The van der Waals surface area contributed by atoms with Crippen molar-refractivity contribution in [3.8, 4) is 0 Å². The predicted octanol–water partition coefficient (Wildman–Crippen LogP) is 3.61. The van der Waals surface area contributed by atoms with E-state index in [1.165, 1.54) is 0 Å². The first-order chi connectivity index (χ1) is 9.49. The normalized spacial score (nSPS) is 10.3. The fraction of sp³-hybridized carbons (Fsp3) is 0.188. The minimum Gasteiger partial charge on any atom is -0.398 e. The first-order valence-corrected chi connectivity index (χ1v) is 7.13. The van der Waals surface area contributed by atoms with Crippen molar-refractivity contribution in [1.82, 2.24) is 4.90 Å². The van der Waals surface area contributed by atoms with E-state index in [0.29, 0.717) is 17.8 Å². The molecule has 2 aromatic carbocycles. The van der Waals surface area contributed by atoms with Crippen molar-refractivity contribution < 1.29 is 4.79 Å². The molecule has 2 N–H and O–H groups in total. The second-order valence-electron chi connectivity index (χ2n) is 4.82. The van der Waals surface area contributed by atoms with Gasteiger partial charge in [0, 0.05) is 29.3 Å². The SMILES string of the molecule is Cc1cc(Br)ccc1C(=O)N(C)Cc1ccccc1N. The molecule has 0 aliphatic carbocycles. The van der Waals surface area contributed by atoms with Gasteiger partial charge in [-0.2, -0.15) is 0 Å². The molecule has 3 nitrogen and oxygen atoms in total. The first kappa shape index (κ1) is 14.6. The van der Waals surface area contributed by atoms with Crippen LogP contribution in [0.25, 0.3) is 0 Å². The van der Waals surface area contributed by atoms with Crippen LogP contribution in [0, 0.1) is 6.92 Å². The Morgan fingerprint density at radius 3 is 2.60 bits per heavy atom. The summed E-state index contributed by atoms with van der Waals surface area (Å²) >= 11 is 3.40. The number of halogens is 1. The van der Waals surface area contributed by atoms with Crippen LogP contribution >= 0.6 is 15.9 Å². The van der Waals surface area contributed by atoms with Crippen molar-refractivity contribution in [1.29, 1.82) is 0 Å². The quantitative estimate of drug-likeness (QED) is 0.872. The number of carbonyl (C=O) groups excluding carboxylic acids is 1. The Hall–Kier alpha value is -1.81. The van der Waals surface area contributed by atoms with E-state index in [1.807, 2.05) is 49.4 Å². The highest BCUT2D eigenvalue weighted by molar-refractivity contribution is 9.10. The third kappa shape index (κ3) is 3.20. The molecule has 0 fully saturated rings. The molecule has 0 saturated heterocycles. The molecule has 0 aliphatic rings. The Bertz CT molecular complexity index is 640. The molecule has 20 heavy (non-hydrogen) atoms. The molecule has 1 amide bonds. The maximum atomic E-state index is 12.5. The average molecular weight is 333 g/mol. The number of amides is 1. The summed E-state index contributed by atoms with van der Waals surface area (Å²) in [6, 6.07) is 13.3. The predicted molar refractivity (Wildman–Crippen MR) is 85.5 cm³/mol. The van der Waals surface area contributed by atoms with Crippen LogP contribution in [0.3, 0.4) is 0 Å². The number of nitrogen functional groups attached to an aromatic ring is 1. The lowest BCUT2D eigenvalue weighted by Gasteiger charge is -2.19. The molecule has 0 aromatic heterocycles. The van der Waals surface area contributed by atoms with Crippen molar-refractivity contribution >= 4 is 27.5 Å². The van der Waals surface area contributed by atoms with E-state index in [4.69, 9.17) is 5.73 Å². The Labute approximate surface area is 127 Å². The fourth-order valence-corrected chi connectivity index (χ4v) is 2.55. The lowest BCUT2D eigenvalue weighted by atomic mass is 10.1. The zero-order chi connectivity index (χ0) is 14.7. The summed E-state index contributed by atoms with van der Waals surface area (Å²) in [5.41, 5.74) is 9.25. The Morgan fingerprint density at radius 1 is 1.25 bits per heavy atom. The molecule has 0 bridgehead atoms. The van der Waals surface area contributed by atoms with Crippen LogP contribution in [0.4, 0.5) is 5.69 Å². The number of nitrogens with zero attached hydrogens (tertiary/aromatic N) is 1. The molecule has 4 heteroatoms. The molecular formula is C16H17BrN2O. The lowest BCUT2D eigenvalue weighted by Crippen LogP contribution is -2.27. The van der Waals surface area contributed by atoms with Gasteiger partial charge in [0.15, 0.2) is 0 Å². The Kier molecular flexibility index (Phi) is 4.45. The van der Waals surface area contributed by atoms with Crippen molar-refractivity contribution in [2.24, 2.45) is 0 Å². The number of nitrogens with two attached hydrogens (primary N) is 1. The highest BCUT2D eigenvalue weighted by Gasteiger charge is 2.15. The molecule has 0 radical (unpaired) electrons. The maximum Gasteiger partial charge on any atom is 0.254 e. The van der Waals surface area contributed by atoms with Crippen molar-refractivity contribution in [3.05, 3.63) is 63.6 Å². The molecule has 0 unspecified atom stereocenters. The highest BCUT2D eigenvalue weighted by atomic mass is 79.9. The first-order valence-electron chi connectivity index (χ1n) is 6.34. The number of benzene rings is 2. The third-order valence-electron chi connectivity index (χ3n) is 3.23. The number of rotatable bonds is 3. The summed E-state index contributed by atoms with van der Waals surface area (Å²) < 4.78 is 0.974. The average Bonchev–Trinajstić information content (AvgIpc) is 2.40. The number of hydrogen-bond acceptors (Lipinski definition) is 2. The number of para-hydroxylation sites is 1.